The molecule has 2 aliphatic rings. The minimum Gasteiger partial charge on any atom is -0.383 e. The van der Waals surface area contributed by atoms with Crippen molar-refractivity contribution < 1.29 is 14.3 Å². The zero-order valence-corrected chi connectivity index (χ0v) is 16.3. The first-order valence-corrected chi connectivity index (χ1v) is 10.0. The van der Waals surface area contributed by atoms with Crippen LogP contribution in [0, 0.1) is 12.3 Å². The molecule has 25 heavy (non-hydrogen) atoms. The SMILES string of the molecule is CCc1c(C(=O)N2CC[C@]3(CCCN(CCOC)C3=O)C2)csc1C. The highest BCUT2D eigenvalue weighted by molar-refractivity contribution is 7.10. The van der Waals surface area contributed by atoms with Crippen LogP contribution in [0.5, 0.6) is 0 Å². The Morgan fingerprint density at radius 3 is 2.88 bits per heavy atom. The van der Waals surface area contributed by atoms with E-state index in [1.165, 1.54) is 4.88 Å². The number of amides is 2. The molecule has 0 radical (unpaired) electrons. The van der Waals surface area contributed by atoms with Crippen molar-refractivity contribution in [1.29, 1.82) is 0 Å². The van der Waals surface area contributed by atoms with E-state index < -0.39 is 0 Å². The molecular formula is C19H28N2O3S. The summed E-state index contributed by atoms with van der Waals surface area (Å²) in [6, 6.07) is 0. The van der Waals surface area contributed by atoms with Crippen molar-refractivity contribution >= 4 is 23.2 Å². The predicted octanol–water partition coefficient (Wildman–Crippen LogP) is 2.72. The Morgan fingerprint density at radius 1 is 1.36 bits per heavy atom. The van der Waals surface area contributed by atoms with E-state index >= 15 is 0 Å². The zero-order valence-electron chi connectivity index (χ0n) is 15.5. The van der Waals surface area contributed by atoms with Crippen LogP contribution in [-0.4, -0.2) is 61.5 Å². The normalized spacial score (nSPS) is 23.7. The molecule has 0 aromatic carbocycles. The average Bonchev–Trinajstić information content (AvgIpc) is 3.20. The molecule has 0 unspecified atom stereocenters. The van der Waals surface area contributed by atoms with Crippen molar-refractivity contribution in [3.05, 3.63) is 21.4 Å². The Kier molecular flexibility index (Phi) is 5.49. The molecule has 5 nitrogen and oxygen atoms in total. The lowest BCUT2D eigenvalue weighted by molar-refractivity contribution is -0.146. The molecule has 0 bridgehead atoms. The summed E-state index contributed by atoms with van der Waals surface area (Å²) in [5.41, 5.74) is 1.62. The van der Waals surface area contributed by atoms with E-state index in [2.05, 4.69) is 13.8 Å². The number of methoxy groups -OCH3 is 1. The van der Waals surface area contributed by atoms with Gasteiger partial charge in [-0.05, 0) is 38.2 Å². The first kappa shape index (κ1) is 18.4. The van der Waals surface area contributed by atoms with Crippen molar-refractivity contribution in [2.75, 3.05) is 39.9 Å². The second-order valence-corrected chi connectivity index (χ2v) is 8.27. The number of ether oxygens (including phenoxy) is 1. The van der Waals surface area contributed by atoms with Gasteiger partial charge in [-0.15, -0.1) is 11.3 Å². The number of aryl methyl sites for hydroxylation is 1. The third-order valence-electron chi connectivity index (χ3n) is 5.72. The highest BCUT2D eigenvalue weighted by Gasteiger charge is 2.49. The maximum absolute atomic E-state index is 13.0. The molecule has 6 heteroatoms. The van der Waals surface area contributed by atoms with Crippen LogP contribution in [0.1, 0.15) is 47.0 Å². The summed E-state index contributed by atoms with van der Waals surface area (Å²) in [5, 5.41) is 1.98. The fraction of sp³-hybridized carbons (Fsp3) is 0.684. The maximum Gasteiger partial charge on any atom is 0.255 e. The highest BCUT2D eigenvalue weighted by Crippen LogP contribution is 2.41. The lowest BCUT2D eigenvalue weighted by Crippen LogP contribution is -2.51. The molecule has 2 fully saturated rings. The van der Waals surface area contributed by atoms with Gasteiger partial charge in [-0.2, -0.15) is 0 Å². The Labute approximate surface area is 153 Å². The van der Waals surface area contributed by atoms with Gasteiger partial charge in [0.1, 0.15) is 0 Å². The third kappa shape index (κ3) is 3.34. The van der Waals surface area contributed by atoms with Crippen LogP contribution in [-0.2, 0) is 16.0 Å². The molecule has 2 amide bonds. The minimum atomic E-state index is -0.376. The molecule has 0 N–H and O–H groups in total. The number of nitrogens with zero attached hydrogens (tertiary/aromatic N) is 2. The molecule has 2 aliphatic heterocycles. The van der Waals surface area contributed by atoms with Gasteiger partial charge in [-0.3, -0.25) is 9.59 Å². The Bertz CT molecular complexity index is 657. The standard InChI is InChI=1S/C19H28N2O3S/c1-4-15-14(2)25-12-16(15)17(22)21-9-7-19(13-21)6-5-8-20(18(19)23)10-11-24-3/h12H,4-11,13H2,1-3H3/t19-/m1/s1. The van der Waals surface area contributed by atoms with Gasteiger partial charge < -0.3 is 14.5 Å². The average molecular weight is 365 g/mol. The van der Waals surface area contributed by atoms with Gasteiger partial charge in [-0.25, -0.2) is 0 Å². The van der Waals surface area contributed by atoms with Crippen molar-refractivity contribution in [3.8, 4) is 0 Å². The molecular weight excluding hydrogens is 336 g/mol. The quantitative estimate of drug-likeness (QED) is 0.807. The second kappa shape index (κ2) is 7.46. The number of likely N-dealkylation sites (tertiary alicyclic amines) is 2. The summed E-state index contributed by atoms with van der Waals surface area (Å²) < 4.78 is 5.13. The summed E-state index contributed by atoms with van der Waals surface area (Å²) in [5.74, 6) is 0.309. The van der Waals surface area contributed by atoms with Crippen molar-refractivity contribution in [3.63, 3.8) is 0 Å². The molecule has 1 atom stereocenters. The largest absolute Gasteiger partial charge is 0.383 e. The van der Waals surface area contributed by atoms with Gasteiger partial charge >= 0.3 is 0 Å². The Hall–Kier alpha value is -1.40. The number of piperidine rings is 1. The van der Waals surface area contributed by atoms with Crippen LogP contribution in [0.3, 0.4) is 0 Å². The first-order valence-electron chi connectivity index (χ1n) is 9.17. The number of carbonyl (C=O) groups is 2. The number of hydrogen-bond donors (Lipinski definition) is 0. The topological polar surface area (TPSA) is 49.9 Å². The van der Waals surface area contributed by atoms with Crippen LogP contribution in [0.25, 0.3) is 0 Å². The molecule has 1 aromatic rings. The fourth-order valence-corrected chi connectivity index (χ4v) is 5.19. The number of hydrogen-bond acceptors (Lipinski definition) is 4. The molecule has 1 aromatic heterocycles. The van der Waals surface area contributed by atoms with E-state index in [0.717, 1.165) is 43.4 Å². The molecule has 3 rings (SSSR count). The van der Waals surface area contributed by atoms with E-state index in [1.807, 2.05) is 15.2 Å². The first-order chi connectivity index (χ1) is 12.0. The van der Waals surface area contributed by atoms with Gasteiger partial charge in [0.05, 0.1) is 17.6 Å². The van der Waals surface area contributed by atoms with E-state index in [4.69, 9.17) is 4.74 Å². The van der Waals surface area contributed by atoms with Gasteiger partial charge in [-0.1, -0.05) is 6.92 Å². The van der Waals surface area contributed by atoms with Crippen LogP contribution in [0.15, 0.2) is 5.38 Å². The second-order valence-electron chi connectivity index (χ2n) is 7.18. The van der Waals surface area contributed by atoms with Crippen LogP contribution in [0.2, 0.25) is 0 Å². The van der Waals surface area contributed by atoms with Crippen molar-refractivity contribution in [1.82, 2.24) is 9.80 Å². The number of thiophene rings is 1. The van der Waals surface area contributed by atoms with Gasteiger partial charge in [0.25, 0.3) is 5.91 Å². The molecule has 1 spiro atoms. The van der Waals surface area contributed by atoms with Gasteiger partial charge in [0, 0.05) is 43.5 Å². The Balaban J connectivity index is 1.74. The molecule has 2 saturated heterocycles. The maximum atomic E-state index is 13.0. The van der Waals surface area contributed by atoms with E-state index in [-0.39, 0.29) is 17.2 Å². The summed E-state index contributed by atoms with van der Waals surface area (Å²) in [6.45, 7) is 7.43. The molecule has 3 heterocycles. The lowest BCUT2D eigenvalue weighted by atomic mass is 9.78. The van der Waals surface area contributed by atoms with Gasteiger partial charge in [0.15, 0.2) is 0 Å². The van der Waals surface area contributed by atoms with Crippen LogP contribution < -0.4 is 0 Å². The van der Waals surface area contributed by atoms with E-state index in [9.17, 15) is 9.59 Å². The van der Waals surface area contributed by atoms with E-state index in [1.54, 1.807) is 18.4 Å². The molecule has 0 saturated carbocycles. The summed E-state index contributed by atoms with van der Waals surface area (Å²) in [6.07, 6.45) is 3.56. The third-order valence-corrected chi connectivity index (χ3v) is 6.67. The highest BCUT2D eigenvalue weighted by atomic mass is 32.1. The summed E-state index contributed by atoms with van der Waals surface area (Å²) in [7, 11) is 1.66. The summed E-state index contributed by atoms with van der Waals surface area (Å²) in [4.78, 5) is 31.1. The van der Waals surface area contributed by atoms with Gasteiger partial charge in [0.2, 0.25) is 5.91 Å². The zero-order chi connectivity index (χ0) is 18.0. The van der Waals surface area contributed by atoms with Crippen LogP contribution >= 0.6 is 11.3 Å². The number of carbonyl (C=O) groups excluding carboxylic acids is 2. The van der Waals surface area contributed by atoms with Crippen LogP contribution in [0.4, 0.5) is 0 Å². The predicted molar refractivity (Wildman–Crippen MR) is 99.1 cm³/mol. The number of rotatable bonds is 5. The monoisotopic (exact) mass is 364 g/mol. The van der Waals surface area contributed by atoms with E-state index in [0.29, 0.717) is 26.2 Å². The molecule has 0 aliphatic carbocycles. The minimum absolute atomic E-state index is 0.0971. The van der Waals surface area contributed by atoms with Crippen molar-refractivity contribution in [2.45, 2.75) is 39.5 Å². The smallest absolute Gasteiger partial charge is 0.255 e. The van der Waals surface area contributed by atoms with Crippen molar-refractivity contribution in [2.24, 2.45) is 5.41 Å². The lowest BCUT2D eigenvalue weighted by Gasteiger charge is -2.39. The summed E-state index contributed by atoms with van der Waals surface area (Å²) >= 11 is 1.64. The Morgan fingerprint density at radius 2 is 2.16 bits per heavy atom. The molecule has 138 valence electrons. The fourth-order valence-electron chi connectivity index (χ4n) is 4.26.